The van der Waals surface area contributed by atoms with Crippen LogP contribution in [0.1, 0.15) is 24.2 Å². The van der Waals surface area contributed by atoms with Gasteiger partial charge < -0.3 is 9.36 Å². The van der Waals surface area contributed by atoms with Gasteiger partial charge in [0.1, 0.15) is 5.76 Å². The van der Waals surface area contributed by atoms with E-state index in [1.54, 1.807) is 6.20 Å². The van der Waals surface area contributed by atoms with Gasteiger partial charge in [-0.25, -0.2) is 5.90 Å². The summed E-state index contributed by atoms with van der Waals surface area (Å²) < 4.78 is 4.99. The molecule has 0 aromatic carbocycles. The first-order valence-electron chi connectivity index (χ1n) is 4.02. The predicted molar refractivity (Wildman–Crippen MR) is 42.3 cm³/mol. The van der Waals surface area contributed by atoms with E-state index in [0.29, 0.717) is 6.61 Å². The van der Waals surface area contributed by atoms with Crippen LogP contribution in [0.5, 0.6) is 0 Å². The summed E-state index contributed by atoms with van der Waals surface area (Å²) in [5, 5.41) is 3.74. The predicted octanol–water partition coefficient (Wildman–Crippen LogP) is 0.905. The molecule has 12 heavy (non-hydrogen) atoms. The van der Waals surface area contributed by atoms with Crippen LogP contribution in [-0.2, 0) is 10.3 Å². The van der Waals surface area contributed by atoms with Crippen molar-refractivity contribution < 1.29 is 9.36 Å². The van der Waals surface area contributed by atoms with Crippen LogP contribution in [0.15, 0.2) is 10.7 Å². The van der Waals surface area contributed by atoms with Crippen molar-refractivity contribution in [1.82, 2.24) is 5.16 Å². The summed E-state index contributed by atoms with van der Waals surface area (Å²) in [7, 11) is 0. The number of aromatic nitrogens is 1. The molecule has 0 unspecified atom stereocenters. The molecule has 1 saturated carbocycles. The zero-order valence-corrected chi connectivity index (χ0v) is 7.04. The van der Waals surface area contributed by atoms with Gasteiger partial charge in [0, 0.05) is 11.0 Å². The van der Waals surface area contributed by atoms with Gasteiger partial charge in [-0.05, 0) is 19.8 Å². The zero-order chi connectivity index (χ0) is 8.60. The molecule has 1 fully saturated rings. The zero-order valence-electron chi connectivity index (χ0n) is 7.04. The minimum Gasteiger partial charge on any atom is -0.361 e. The Bertz CT molecular complexity index is 278. The molecule has 1 aliphatic carbocycles. The van der Waals surface area contributed by atoms with Gasteiger partial charge in [-0.1, -0.05) is 5.16 Å². The van der Waals surface area contributed by atoms with E-state index in [4.69, 9.17) is 10.4 Å². The van der Waals surface area contributed by atoms with Crippen molar-refractivity contribution in [2.75, 3.05) is 6.61 Å². The van der Waals surface area contributed by atoms with E-state index < -0.39 is 0 Å². The second kappa shape index (κ2) is 2.57. The molecule has 0 saturated heterocycles. The largest absolute Gasteiger partial charge is 0.361 e. The third-order valence-electron chi connectivity index (χ3n) is 2.54. The van der Waals surface area contributed by atoms with Crippen LogP contribution in [0.25, 0.3) is 0 Å². The van der Waals surface area contributed by atoms with E-state index in [-0.39, 0.29) is 5.41 Å². The average molecular weight is 168 g/mol. The molecule has 0 atom stereocenters. The molecule has 1 aliphatic rings. The van der Waals surface area contributed by atoms with Crippen molar-refractivity contribution in [3.05, 3.63) is 17.5 Å². The number of hydrogen-bond donors (Lipinski definition) is 1. The number of nitrogens with zero attached hydrogens (tertiary/aromatic N) is 1. The van der Waals surface area contributed by atoms with Crippen LogP contribution in [0.4, 0.5) is 0 Å². The van der Waals surface area contributed by atoms with Gasteiger partial charge in [-0.3, -0.25) is 0 Å². The number of hydrogen-bond acceptors (Lipinski definition) is 4. The molecule has 0 amide bonds. The van der Waals surface area contributed by atoms with Gasteiger partial charge in [0.2, 0.25) is 0 Å². The lowest BCUT2D eigenvalue weighted by atomic mass is 9.99. The van der Waals surface area contributed by atoms with Gasteiger partial charge in [-0.15, -0.1) is 0 Å². The Morgan fingerprint density at radius 1 is 1.75 bits per heavy atom. The minimum atomic E-state index is 0.110. The summed E-state index contributed by atoms with van der Waals surface area (Å²) in [5.41, 5.74) is 1.26. The smallest absolute Gasteiger partial charge is 0.137 e. The SMILES string of the molecule is Cc1oncc1C1(CON)CC1. The van der Waals surface area contributed by atoms with Crippen molar-refractivity contribution in [2.45, 2.75) is 25.2 Å². The fourth-order valence-corrected chi connectivity index (χ4v) is 1.61. The summed E-state index contributed by atoms with van der Waals surface area (Å²) in [4.78, 5) is 4.68. The van der Waals surface area contributed by atoms with E-state index in [0.717, 1.165) is 24.2 Å². The highest BCUT2D eigenvalue weighted by Gasteiger charge is 2.47. The monoisotopic (exact) mass is 168 g/mol. The first-order valence-corrected chi connectivity index (χ1v) is 4.02. The highest BCUT2D eigenvalue weighted by Crippen LogP contribution is 2.49. The summed E-state index contributed by atoms with van der Waals surface area (Å²) in [6.45, 7) is 2.48. The normalized spacial score (nSPS) is 19.5. The first kappa shape index (κ1) is 7.76. The molecule has 4 nitrogen and oxygen atoms in total. The Morgan fingerprint density at radius 3 is 2.92 bits per heavy atom. The average Bonchev–Trinajstić information content (AvgIpc) is 2.68. The lowest BCUT2D eigenvalue weighted by Gasteiger charge is -2.10. The minimum absolute atomic E-state index is 0.110. The molecule has 4 heteroatoms. The molecular weight excluding hydrogens is 156 g/mol. The maximum atomic E-state index is 5.06. The van der Waals surface area contributed by atoms with E-state index in [9.17, 15) is 0 Å². The maximum absolute atomic E-state index is 5.06. The third kappa shape index (κ3) is 1.04. The summed E-state index contributed by atoms with van der Waals surface area (Å²) >= 11 is 0. The lowest BCUT2D eigenvalue weighted by Crippen LogP contribution is -2.18. The maximum Gasteiger partial charge on any atom is 0.137 e. The van der Waals surface area contributed by atoms with Crippen molar-refractivity contribution in [1.29, 1.82) is 0 Å². The van der Waals surface area contributed by atoms with Crippen LogP contribution in [0, 0.1) is 6.92 Å². The van der Waals surface area contributed by atoms with E-state index >= 15 is 0 Å². The van der Waals surface area contributed by atoms with Crippen LogP contribution in [-0.4, -0.2) is 11.8 Å². The van der Waals surface area contributed by atoms with Gasteiger partial charge >= 0.3 is 0 Å². The van der Waals surface area contributed by atoms with Crippen LogP contribution < -0.4 is 5.90 Å². The van der Waals surface area contributed by atoms with Crippen LogP contribution in [0.2, 0.25) is 0 Å². The molecule has 2 rings (SSSR count). The highest BCUT2D eigenvalue weighted by molar-refractivity contribution is 5.30. The number of nitrogens with two attached hydrogens (primary N) is 1. The molecule has 2 N–H and O–H groups in total. The van der Waals surface area contributed by atoms with Gasteiger partial charge in [0.15, 0.2) is 0 Å². The van der Waals surface area contributed by atoms with Gasteiger partial charge in [0.05, 0.1) is 12.8 Å². The first-order chi connectivity index (χ1) is 5.78. The third-order valence-corrected chi connectivity index (χ3v) is 2.54. The van der Waals surface area contributed by atoms with E-state index in [1.807, 2.05) is 6.92 Å². The van der Waals surface area contributed by atoms with Crippen molar-refractivity contribution in [2.24, 2.45) is 5.90 Å². The second-order valence-corrected chi connectivity index (χ2v) is 3.39. The quantitative estimate of drug-likeness (QED) is 0.681. The Morgan fingerprint density at radius 2 is 2.50 bits per heavy atom. The number of rotatable bonds is 3. The molecule has 1 aromatic rings. The second-order valence-electron chi connectivity index (χ2n) is 3.39. The Hall–Kier alpha value is -0.870. The van der Waals surface area contributed by atoms with Crippen molar-refractivity contribution >= 4 is 0 Å². The highest BCUT2D eigenvalue weighted by atomic mass is 16.6. The fourth-order valence-electron chi connectivity index (χ4n) is 1.61. The van der Waals surface area contributed by atoms with E-state index in [1.165, 1.54) is 0 Å². The lowest BCUT2D eigenvalue weighted by molar-refractivity contribution is 0.115. The molecular formula is C8H12N2O2. The Labute approximate surface area is 70.6 Å². The van der Waals surface area contributed by atoms with Crippen molar-refractivity contribution in [3.63, 3.8) is 0 Å². The van der Waals surface area contributed by atoms with E-state index in [2.05, 4.69) is 9.99 Å². The molecule has 1 heterocycles. The molecule has 0 aliphatic heterocycles. The Kier molecular flexibility index (Phi) is 1.66. The molecule has 0 radical (unpaired) electrons. The summed E-state index contributed by atoms with van der Waals surface area (Å²) in [5.74, 6) is 5.94. The molecule has 0 spiro atoms. The topological polar surface area (TPSA) is 61.3 Å². The summed E-state index contributed by atoms with van der Waals surface area (Å²) in [6.07, 6.45) is 4.00. The van der Waals surface area contributed by atoms with Crippen LogP contribution >= 0.6 is 0 Å². The van der Waals surface area contributed by atoms with Crippen LogP contribution in [0.3, 0.4) is 0 Å². The van der Waals surface area contributed by atoms with Gasteiger partial charge in [0.25, 0.3) is 0 Å². The summed E-state index contributed by atoms with van der Waals surface area (Å²) in [6, 6.07) is 0. The molecule has 1 aromatic heterocycles. The van der Waals surface area contributed by atoms with Crippen molar-refractivity contribution in [3.8, 4) is 0 Å². The standard InChI is InChI=1S/C8H12N2O2/c1-6-7(4-10-12-6)8(2-3-8)5-11-9/h4H,2-3,5,9H2,1H3. The van der Waals surface area contributed by atoms with Gasteiger partial charge in [-0.2, -0.15) is 0 Å². The molecule has 66 valence electrons. The Balaban J connectivity index is 2.24. The fraction of sp³-hybridized carbons (Fsp3) is 0.625. The molecule has 0 bridgehead atoms. The number of aryl methyl sites for hydroxylation is 1.